The topological polar surface area (TPSA) is 103 Å². The molecule has 0 unspecified atom stereocenters. The Labute approximate surface area is 268 Å². The van der Waals surface area contributed by atoms with Gasteiger partial charge in [-0.15, -0.1) is 24.8 Å². The number of H-pyrrole nitrogens is 1. The zero-order valence-corrected chi connectivity index (χ0v) is 26.5. The molecule has 2 aromatic heterocycles. The predicted octanol–water partition coefficient (Wildman–Crippen LogP) is 6.39. The third-order valence-corrected chi connectivity index (χ3v) is 8.59. The van der Waals surface area contributed by atoms with Gasteiger partial charge in [0, 0.05) is 72.2 Å². The Morgan fingerprint density at radius 1 is 1.09 bits per heavy atom. The van der Waals surface area contributed by atoms with Crippen LogP contribution in [0, 0.1) is 0 Å². The summed E-state index contributed by atoms with van der Waals surface area (Å²) in [6.45, 7) is 7.40. The van der Waals surface area contributed by atoms with Gasteiger partial charge in [0.05, 0.1) is 17.9 Å². The van der Waals surface area contributed by atoms with Crippen LogP contribution in [0.4, 0.5) is 4.79 Å². The minimum Gasteiger partial charge on any atom is -0.488 e. The van der Waals surface area contributed by atoms with Gasteiger partial charge in [0.25, 0.3) is 0 Å². The Balaban J connectivity index is 0.00000212. The maximum Gasteiger partial charge on any atom is 0.414 e. The van der Waals surface area contributed by atoms with Gasteiger partial charge in [0.2, 0.25) is 5.88 Å². The minimum absolute atomic E-state index is 0. The summed E-state index contributed by atoms with van der Waals surface area (Å²) in [5.74, 6) is 1.04. The molecular weight excluding hydrogens is 615 g/mol. The maximum absolute atomic E-state index is 12.7. The molecule has 3 N–H and O–H groups in total. The van der Waals surface area contributed by atoms with Crippen LogP contribution in [-0.4, -0.2) is 76.9 Å². The van der Waals surface area contributed by atoms with Crippen molar-refractivity contribution < 1.29 is 23.8 Å². The molecule has 12 heteroatoms. The Morgan fingerprint density at radius 3 is 2.63 bits per heavy atom. The van der Waals surface area contributed by atoms with E-state index in [-0.39, 0.29) is 37.0 Å². The number of carbonyl (C=O) groups excluding carboxylic acids is 1. The van der Waals surface area contributed by atoms with Crippen molar-refractivity contribution in [2.75, 3.05) is 32.7 Å². The van der Waals surface area contributed by atoms with Crippen LogP contribution in [0.15, 0.2) is 53.1 Å². The van der Waals surface area contributed by atoms with Crippen LogP contribution in [0.2, 0.25) is 5.02 Å². The number of aromatic amines is 1. The van der Waals surface area contributed by atoms with Crippen molar-refractivity contribution in [2.24, 2.45) is 0 Å². The number of nitrogens with one attached hydrogen (secondary N) is 2. The van der Waals surface area contributed by atoms with Crippen molar-refractivity contribution in [3.63, 3.8) is 0 Å². The van der Waals surface area contributed by atoms with Crippen molar-refractivity contribution in [1.29, 1.82) is 0 Å². The highest BCUT2D eigenvalue weighted by Gasteiger charge is 2.26. The molecule has 4 heterocycles. The number of piperidine rings is 2. The quantitative estimate of drug-likeness (QED) is 0.203. The number of ether oxygens (including phenoxy) is 2. The predicted molar refractivity (Wildman–Crippen MR) is 173 cm³/mol. The van der Waals surface area contributed by atoms with E-state index < -0.39 is 6.09 Å². The number of aliphatic hydroxyl groups excluding tert-OH is 1. The Kier molecular flexibility index (Phi) is 11.5. The normalized spacial score (nSPS) is 17.7. The van der Waals surface area contributed by atoms with Gasteiger partial charge in [0.15, 0.2) is 0 Å². The number of hydrogen-bond acceptors (Lipinski definition) is 7. The van der Waals surface area contributed by atoms with E-state index in [1.54, 1.807) is 18.4 Å². The van der Waals surface area contributed by atoms with Crippen LogP contribution in [0.25, 0.3) is 21.9 Å². The van der Waals surface area contributed by atoms with Crippen LogP contribution in [0.3, 0.4) is 0 Å². The third kappa shape index (κ3) is 8.09. The first-order valence-corrected chi connectivity index (χ1v) is 14.8. The molecule has 2 saturated heterocycles. The number of hydrogen-bond donors (Lipinski definition) is 3. The van der Waals surface area contributed by atoms with Gasteiger partial charge in [-0.25, -0.2) is 4.79 Å². The summed E-state index contributed by atoms with van der Waals surface area (Å²) in [5.41, 5.74) is 2.47. The second-order valence-electron chi connectivity index (χ2n) is 11.3. The van der Waals surface area contributed by atoms with Gasteiger partial charge >= 0.3 is 6.09 Å². The molecule has 0 aliphatic carbocycles. The summed E-state index contributed by atoms with van der Waals surface area (Å²) in [4.78, 5) is 20.8. The van der Waals surface area contributed by atoms with Gasteiger partial charge in [-0.1, -0.05) is 17.7 Å². The Bertz CT molecular complexity index is 1500. The lowest BCUT2D eigenvalue weighted by atomic mass is 10.0. The number of amides is 1. The number of nitrogens with zero attached hydrogens (tertiary/aromatic N) is 2. The second kappa shape index (κ2) is 14.9. The van der Waals surface area contributed by atoms with E-state index in [2.05, 4.69) is 27.0 Å². The van der Waals surface area contributed by atoms with Gasteiger partial charge < -0.3 is 34.2 Å². The average Bonchev–Trinajstić information content (AvgIpc) is 3.56. The fraction of sp³-hybridized carbons (Fsp3) is 0.452. The lowest BCUT2D eigenvalue weighted by Crippen LogP contribution is -2.50. The first-order chi connectivity index (χ1) is 19.9. The van der Waals surface area contributed by atoms with E-state index in [1.165, 1.54) is 0 Å². The number of aliphatic hydroxyl groups is 1. The lowest BCUT2D eigenvalue weighted by Gasteiger charge is -2.39. The molecule has 0 saturated carbocycles. The van der Waals surface area contributed by atoms with Crippen LogP contribution in [0.5, 0.6) is 11.6 Å². The zero-order chi connectivity index (χ0) is 28.3. The van der Waals surface area contributed by atoms with Crippen LogP contribution in [-0.2, 0) is 6.61 Å². The van der Waals surface area contributed by atoms with Crippen LogP contribution < -0.4 is 14.8 Å². The number of aromatic nitrogens is 1. The molecule has 9 nitrogen and oxygen atoms in total. The SMILES string of the molecule is C[C@@H](CN1CCC(NC(=O)Oc2cc3c(OCc4coc5ccc(Cl)cc45)cccc3[nH]2)CC1)N1CCC(O)CC1.Cl.Cl. The van der Waals surface area contributed by atoms with Crippen molar-refractivity contribution in [1.82, 2.24) is 20.1 Å². The molecule has 0 bridgehead atoms. The van der Waals surface area contributed by atoms with Gasteiger partial charge in [0.1, 0.15) is 17.9 Å². The standard InChI is InChI=1S/C31H37ClN4O5.2ClH/c1-20(36-13-9-24(37)10-14-36)17-35-11-7-23(8-12-35)33-31(38)41-30-16-26-27(34-30)3-2-4-28(26)39-18-21-19-40-29-6-5-22(32)15-25(21)29;;/h2-6,15-16,19-20,23-24,34,37H,7-14,17-18H2,1H3,(H,33,38);2*1H/t20-;;/m0../s1. The van der Waals surface area contributed by atoms with Gasteiger partial charge in [-0.3, -0.25) is 4.90 Å². The monoisotopic (exact) mass is 652 g/mol. The van der Waals surface area contributed by atoms with E-state index in [9.17, 15) is 9.90 Å². The first-order valence-electron chi connectivity index (χ1n) is 14.4. The molecule has 0 spiro atoms. The van der Waals surface area contributed by atoms with Crippen molar-refractivity contribution in [2.45, 2.75) is 57.4 Å². The smallest absolute Gasteiger partial charge is 0.414 e. The minimum atomic E-state index is -0.459. The number of likely N-dealkylation sites (tertiary alicyclic amines) is 2. The number of benzene rings is 2. The summed E-state index contributed by atoms with van der Waals surface area (Å²) < 4.78 is 17.4. The maximum atomic E-state index is 12.7. The second-order valence-corrected chi connectivity index (χ2v) is 11.7. The summed E-state index contributed by atoms with van der Waals surface area (Å²) in [6.07, 6.45) is 4.58. The van der Waals surface area contributed by atoms with E-state index in [1.807, 2.05) is 30.3 Å². The average molecular weight is 654 g/mol. The van der Waals surface area contributed by atoms with Gasteiger partial charge in [-0.2, -0.15) is 0 Å². The molecule has 6 rings (SSSR count). The molecule has 2 fully saturated rings. The highest BCUT2D eigenvalue weighted by molar-refractivity contribution is 6.31. The molecule has 0 radical (unpaired) electrons. The highest BCUT2D eigenvalue weighted by atomic mass is 35.5. The van der Waals surface area contributed by atoms with Crippen molar-refractivity contribution in [3.8, 4) is 11.6 Å². The fourth-order valence-corrected chi connectivity index (χ4v) is 6.15. The third-order valence-electron chi connectivity index (χ3n) is 8.36. The van der Waals surface area contributed by atoms with Gasteiger partial charge in [-0.05, 0) is 62.9 Å². The summed E-state index contributed by atoms with van der Waals surface area (Å²) in [7, 11) is 0. The molecular formula is C31H39Cl3N4O5. The largest absolute Gasteiger partial charge is 0.488 e. The van der Waals surface area contributed by atoms with E-state index in [0.717, 1.165) is 85.8 Å². The molecule has 1 atom stereocenters. The molecule has 43 heavy (non-hydrogen) atoms. The zero-order valence-electron chi connectivity index (χ0n) is 24.1. The number of carbonyl (C=O) groups is 1. The molecule has 2 aliphatic heterocycles. The number of fused-ring (bicyclic) bond motifs is 2. The van der Waals surface area contributed by atoms with E-state index >= 15 is 0 Å². The van der Waals surface area contributed by atoms with Crippen molar-refractivity contribution in [3.05, 3.63) is 59.3 Å². The van der Waals surface area contributed by atoms with E-state index in [0.29, 0.717) is 29.3 Å². The number of furan rings is 1. The summed E-state index contributed by atoms with van der Waals surface area (Å²) in [5, 5.41) is 15.2. The summed E-state index contributed by atoms with van der Waals surface area (Å²) >= 11 is 6.16. The summed E-state index contributed by atoms with van der Waals surface area (Å²) in [6, 6.07) is 13.5. The number of halogens is 3. The molecule has 2 aromatic carbocycles. The lowest BCUT2D eigenvalue weighted by molar-refractivity contribution is 0.0501. The fourth-order valence-electron chi connectivity index (χ4n) is 5.98. The van der Waals surface area contributed by atoms with E-state index in [4.69, 9.17) is 25.5 Å². The van der Waals surface area contributed by atoms with Crippen LogP contribution >= 0.6 is 36.4 Å². The molecule has 234 valence electrons. The Hall–Kier alpha value is -2.66. The number of rotatable bonds is 8. The highest BCUT2D eigenvalue weighted by Crippen LogP contribution is 2.31. The molecule has 1 amide bonds. The van der Waals surface area contributed by atoms with Crippen molar-refractivity contribution >= 4 is 64.4 Å². The molecule has 4 aromatic rings. The Morgan fingerprint density at radius 2 is 1.86 bits per heavy atom. The van der Waals surface area contributed by atoms with Crippen LogP contribution in [0.1, 0.15) is 38.2 Å². The first kappa shape index (κ1) is 33.2. The molecule has 2 aliphatic rings.